The fraction of sp³-hybridized carbons (Fsp3) is 0. The molecule has 0 saturated carbocycles. The number of hydrogen-bond acceptors (Lipinski definition) is 2. The SMILES string of the molecule is NC(=Nc1ncc[nH]1)c1ccccc1. The van der Waals surface area contributed by atoms with Crippen LogP contribution in [-0.2, 0) is 0 Å². The molecular formula is C10H10N4. The maximum absolute atomic E-state index is 5.78. The fourth-order valence-electron chi connectivity index (χ4n) is 1.11. The lowest BCUT2D eigenvalue weighted by Crippen LogP contribution is -2.12. The molecule has 0 amide bonds. The van der Waals surface area contributed by atoms with E-state index in [1.165, 1.54) is 0 Å². The first-order chi connectivity index (χ1) is 6.86. The number of hydrogen-bond donors (Lipinski definition) is 2. The Morgan fingerprint density at radius 1 is 1.29 bits per heavy atom. The van der Waals surface area contributed by atoms with Crippen LogP contribution < -0.4 is 5.73 Å². The Balaban J connectivity index is 2.29. The van der Waals surface area contributed by atoms with Crippen molar-refractivity contribution < 1.29 is 0 Å². The van der Waals surface area contributed by atoms with E-state index < -0.39 is 0 Å². The minimum atomic E-state index is 0.459. The van der Waals surface area contributed by atoms with Gasteiger partial charge in [0.1, 0.15) is 5.84 Å². The molecule has 14 heavy (non-hydrogen) atoms. The van der Waals surface area contributed by atoms with Gasteiger partial charge in [0.15, 0.2) is 0 Å². The van der Waals surface area contributed by atoms with E-state index in [0.29, 0.717) is 11.8 Å². The van der Waals surface area contributed by atoms with Crippen LogP contribution in [0.5, 0.6) is 0 Å². The van der Waals surface area contributed by atoms with Crippen molar-refractivity contribution in [3.05, 3.63) is 48.3 Å². The Kier molecular flexibility index (Phi) is 2.27. The number of aromatic nitrogens is 2. The van der Waals surface area contributed by atoms with Crippen LogP contribution in [-0.4, -0.2) is 15.8 Å². The molecule has 1 aromatic carbocycles. The number of nitrogens with zero attached hydrogens (tertiary/aromatic N) is 2. The third-order valence-electron chi connectivity index (χ3n) is 1.78. The van der Waals surface area contributed by atoms with Gasteiger partial charge < -0.3 is 10.7 Å². The highest BCUT2D eigenvalue weighted by Gasteiger charge is 1.97. The van der Waals surface area contributed by atoms with Crippen molar-refractivity contribution in [2.24, 2.45) is 10.7 Å². The summed E-state index contributed by atoms with van der Waals surface area (Å²) in [5.41, 5.74) is 6.67. The van der Waals surface area contributed by atoms with E-state index in [9.17, 15) is 0 Å². The largest absolute Gasteiger partial charge is 0.383 e. The van der Waals surface area contributed by atoms with Gasteiger partial charge in [-0.2, -0.15) is 4.99 Å². The van der Waals surface area contributed by atoms with Crippen LogP contribution in [0.15, 0.2) is 47.7 Å². The topological polar surface area (TPSA) is 67.1 Å². The number of nitrogens with one attached hydrogen (secondary N) is 1. The first-order valence-electron chi connectivity index (χ1n) is 4.25. The summed E-state index contributed by atoms with van der Waals surface area (Å²) in [7, 11) is 0. The van der Waals surface area contributed by atoms with E-state index in [-0.39, 0.29) is 0 Å². The van der Waals surface area contributed by atoms with Crippen molar-refractivity contribution in [1.82, 2.24) is 9.97 Å². The van der Waals surface area contributed by atoms with E-state index in [0.717, 1.165) is 5.56 Å². The zero-order valence-corrected chi connectivity index (χ0v) is 7.51. The summed E-state index contributed by atoms with van der Waals surface area (Å²) < 4.78 is 0. The maximum Gasteiger partial charge on any atom is 0.228 e. The van der Waals surface area contributed by atoms with Crippen LogP contribution in [0.2, 0.25) is 0 Å². The third-order valence-corrected chi connectivity index (χ3v) is 1.78. The minimum absolute atomic E-state index is 0.459. The van der Waals surface area contributed by atoms with Gasteiger partial charge in [-0.1, -0.05) is 30.3 Å². The van der Waals surface area contributed by atoms with Gasteiger partial charge in [0.25, 0.3) is 0 Å². The summed E-state index contributed by atoms with van der Waals surface area (Å²) in [4.78, 5) is 10.9. The van der Waals surface area contributed by atoms with Gasteiger partial charge in [-0.05, 0) is 0 Å². The molecule has 0 saturated heterocycles. The van der Waals surface area contributed by atoms with Crippen LogP contribution in [0.3, 0.4) is 0 Å². The fourth-order valence-corrected chi connectivity index (χ4v) is 1.11. The molecule has 2 rings (SSSR count). The third kappa shape index (κ3) is 1.80. The molecule has 0 atom stereocenters. The maximum atomic E-state index is 5.78. The molecule has 4 heteroatoms. The predicted octanol–water partition coefficient (Wildman–Crippen LogP) is 1.45. The molecule has 2 aromatic rings. The summed E-state index contributed by atoms with van der Waals surface area (Å²) in [6.45, 7) is 0. The van der Waals surface area contributed by atoms with Crippen molar-refractivity contribution in [1.29, 1.82) is 0 Å². The Morgan fingerprint density at radius 2 is 2.07 bits per heavy atom. The summed E-state index contributed by atoms with van der Waals surface area (Å²) in [6, 6.07) is 9.58. The molecule has 0 aliphatic rings. The summed E-state index contributed by atoms with van der Waals surface area (Å²) in [5.74, 6) is 0.979. The molecule has 3 N–H and O–H groups in total. The second kappa shape index (κ2) is 3.74. The molecule has 0 aliphatic heterocycles. The highest BCUT2D eigenvalue weighted by atomic mass is 15.1. The molecule has 0 fully saturated rings. The molecule has 0 radical (unpaired) electrons. The number of benzene rings is 1. The Morgan fingerprint density at radius 3 is 2.71 bits per heavy atom. The predicted molar refractivity (Wildman–Crippen MR) is 55.4 cm³/mol. The first kappa shape index (κ1) is 8.50. The first-order valence-corrected chi connectivity index (χ1v) is 4.25. The smallest absolute Gasteiger partial charge is 0.228 e. The van der Waals surface area contributed by atoms with Gasteiger partial charge in [-0.3, -0.25) is 0 Å². The van der Waals surface area contributed by atoms with Crippen LogP contribution in [0.25, 0.3) is 0 Å². The van der Waals surface area contributed by atoms with Crippen LogP contribution >= 0.6 is 0 Å². The highest BCUT2D eigenvalue weighted by Crippen LogP contribution is 2.04. The van der Waals surface area contributed by atoms with E-state index >= 15 is 0 Å². The average Bonchev–Trinajstić information content (AvgIpc) is 2.72. The number of amidine groups is 1. The minimum Gasteiger partial charge on any atom is -0.383 e. The second-order valence-corrected chi connectivity index (χ2v) is 2.78. The van der Waals surface area contributed by atoms with Gasteiger partial charge in [-0.25, -0.2) is 4.98 Å². The molecule has 4 nitrogen and oxygen atoms in total. The lowest BCUT2D eigenvalue weighted by Gasteiger charge is -1.97. The molecule has 0 bridgehead atoms. The standard InChI is InChI=1S/C10H10N4/c11-9(8-4-2-1-3-5-8)14-10-12-6-7-13-10/h1-7H,(H3,11,12,13,14). The van der Waals surface area contributed by atoms with Gasteiger partial charge >= 0.3 is 0 Å². The Bertz CT molecular complexity index is 417. The quantitative estimate of drug-likeness (QED) is 0.550. The molecule has 0 spiro atoms. The van der Waals surface area contributed by atoms with Crippen molar-refractivity contribution in [3.8, 4) is 0 Å². The van der Waals surface area contributed by atoms with Gasteiger partial charge in [0.2, 0.25) is 5.95 Å². The van der Waals surface area contributed by atoms with Crippen LogP contribution in [0.4, 0.5) is 5.95 Å². The zero-order chi connectivity index (χ0) is 9.80. The van der Waals surface area contributed by atoms with Crippen molar-refractivity contribution in [3.63, 3.8) is 0 Å². The summed E-state index contributed by atoms with van der Waals surface area (Å²) in [6.07, 6.45) is 3.34. The summed E-state index contributed by atoms with van der Waals surface area (Å²) in [5, 5.41) is 0. The van der Waals surface area contributed by atoms with E-state index in [2.05, 4.69) is 15.0 Å². The van der Waals surface area contributed by atoms with E-state index in [1.54, 1.807) is 12.4 Å². The molecule has 1 aromatic heterocycles. The number of aromatic amines is 1. The number of H-pyrrole nitrogens is 1. The van der Waals surface area contributed by atoms with Gasteiger partial charge in [0.05, 0.1) is 0 Å². The van der Waals surface area contributed by atoms with Gasteiger partial charge in [0, 0.05) is 18.0 Å². The lowest BCUT2D eigenvalue weighted by atomic mass is 10.2. The monoisotopic (exact) mass is 186 g/mol. The van der Waals surface area contributed by atoms with E-state index in [1.807, 2.05) is 30.3 Å². The lowest BCUT2D eigenvalue weighted by molar-refractivity contribution is 1.23. The van der Waals surface area contributed by atoms with Gasteiger partial charge in [-0.15, -0.1) is 0 Å². The van der Waals surface area contributed by atoms with Crippen molar-refractivity contribution in [2.45, 2.75) is 0 Å². The number of aliphatic imine (C=N–C) groups is 1. The normalized spacial score (nSPS) is 11.6. The molecule has 0 unspecified atom stereocenters. The number of imidazole rings is 1. The number of nitrogens with two attached hydrogens (primary N) is 1. The van der Waals surface area contributed by atoms with Crippen molar-refractivity contribution in [2.75, 3.05) is 0 Å². The zero-order valence-electron chi connectivity index (χ0n) is 7.51. The molecule has 1 heterocycles. The Hall–Kier alpha value is -2.10. The molecule has 0 aliphatic carbocycles. The van der Waals surface area contributed by atoms with Crippen molar-refractivity contribution >= 4 is 11.8 Å². The average molecular weight is 186 g/mol. The van der Waals surface area contributed by atoms with E-state index in [4.69, 9.17) is 5.73 Å². The van der Waals surface area contributed by atoms with Crippen LogP contribution in [0, 0.1) is 0 Å². The summed E-state index contributed by atoms with van der Waals surface area (Å²) >= 11 is 0. The van der Waals surface area contributed by atoms with Crippen LogP contribution in [0.1, 0.15) is 5.56 Å². The molecular weight excluding hydrogens is 176 g/mol. The second-order valence-electron chi connectivity index (χ2n) is 2.78. The highest BCUT2D eigenvalue weighted by molar-refractivity contribution is 5.98. The Labute approximate surface area is 81.5 Å². The molecule has 70 valence electrons. The number of rotatable bonds is 2.